The minimum atomic E-state index is -0.866. The minimum absolute atomic E-state index is 0.0233. The van der Waals surface area contributed by atoms with Crippen molar-refractivity contribution in [3.05, 3.63) is 35.9 Å². The first-order valence-corrected chi connectivity index (χ1v) is 6.85. The van der Waals surface area contributed by atoms with Gasteiger partial charge in [-0.15, -0.1) is 0 Å². The van der Waals surface area contributed by atoms with Crippen molar-refractivity contribution in [2.45, 2.75) is 39.0 Å². The maximum absolute atomic E-state index is 11.8. The summed E-state index contributed by atoms with van der Waals surface area (Å²) in [7, 11) is 0. The Morgan fingerprint density at radius 1 is 1.20 bits per heavy atom. The van der Waals surface area contributed by atoms with E-state index in [1.165, 1.54) is 5.56 Å². The van der Waals surface area contributed by atoms with Crippen molar-refractivity contribution in [3.8, 4) is 0 Å². The molecule has 20 heavy (non-hydrogen) atoms. The number of hydrogen-bond donors (Lipinski definition) is 2. The van der Waals surface area contributed by atoms with E-state index >= 15 is 0 Å². The van der Waals surface area contributed by atoms with Crippen molar-refractivity contribution < 1.29 is 14.7 Å². The first-order chi connectivity index (χ1) is 9.31. The lowest BCUT2D eigenvalue weighted by Gasteiger charge is -2.26. The predicted octanol–water partition coefficient (Wildman–Crippen LogP) is 2.58. The average molecular weight is 277 g/mol. The van der Waals surface area contributed by atoms with Gasteiger partial charge in [-0.25, -0.2) is 0 Å². The first-order valence-electron chi connectivity index (χ1n) is 6.85. The molecule has 1 aromatic carbocycles. The summed E-state index contributed by atoms with van der Waals surface area (Å²) in [5.74, 6) is -1.11. The molecule has 0 spiro atoms. The van der Waals surface area contributed by atoms with Gasteiger partial charge in [-0.3, -0.25) is 9.59 Å². The molecule has 1 aromatic rings. The molecule has 0 saturated carbocycles. The van der Waals surface area contributed by atoms with Gasteiger partial charge in [-0.2, -0.15) is 0 Å². The van der Waals surface area contributed by atoms with Crippen LogP contribution in [-0.2, 0) is 15.0 Å². The fraction of sp³-hybridized carbons (Fsp3) is 0.500. The van der Waals surface area contributed by atoms with Crippen LogP contribution in [0.2, 0.25) is 0 Å². The number of rotatable bonds is 7. The van der Waals surface area contributed by atoms with Crippen LogP contribution < -0.4 is 5.32 Å². The van der Waals surface area contributed by atoms with Crippen molar-refractivity contribution in [1.29, 1.82) is 0 Å². The second-order valence-corrected chi connectivity index (χ2v) is 5.93. The summed E-state index contributed by atoms with van der Waals surface area (Å²) in [5.41, 5.74) is 1.02. The highest BCUT2D eigenvalue weighted by molar-refractivity contribution is 5.77. The molecule has 0 aliphatic heterocycles. The van der Waals surface area contributed by atoms with Gasteiger partial charge in [0.05, 0.1) is 0 Å². The molecule has 0 aromatic heterocycles. The topological polar surface area (TPSA) is 66.4 Å². The second-order valence-electron chi connectivity index (χ2n) is 5.93. The number of amides is 1. The van der Waals surface area contributed by atoms with E-state index in [9.17, 15) is 9.59 Å². The monoisotopic (exact) mass is 277 g/mol. The number of hydrogen-bond acceptors (Lipinski definition) is 2. The van der Waals surface area contributed by atoms with Gasteiger partial charge in [-0.1, -0.05) is 51.1 Å². The molecule has 1 rings (SSSR count). The Hall–Kier alpha value is -1.84. The molecule has 1 amide bonds. The third-order valence-corrected chi connectivity index (χ3v) is 3.34. The molecule has 0 heterocycles. The highest BCUT2D eigenvalue weighted by Gasteiger charge is 2.21. The normalized spacial score (nSPS) is 12.8. The average Bonchev–Trinajstić information content (AvgIpc) is 2.36. The zero-order chi connectivity index (χ0) is 15.2. The van der Waals surface area contributed by atoms with Gasteiger partial charge in [0.2, 0.25) is 5.91 Å². The van der Waals surface area contributed by atoms with Crippen molar-refractivity contribution in [3.63, 3.8) is 0 Å². The van der Waals surface area contributed by atoms with E-state index in [1.54, 1.807) is 6.92 Å². The van der Waals surface area contributed by atoms with Crippen molar-refractivity contribution in [2.75, 3.05) is 6.54 Å². The van der Waals surface area contributed by atoms with Gasteiger partial charge in [-0.05, 0) is 11.5 Å². The van der Waals surface area contributed by atoms with Crippen LogP contribution in [0.3, 0.4) is 0 Å². The predicted molar refractivity (Wildman–Crippen MR) is 78.5 cm³/mol. The van der Waals surface area contributed by atoms with E-state index in [4.69, 9.17) is 5.11 Å². The molecule has 110 valence electrons. The molecule has 1 unspecified atom stereocenters. The molecular weight excluding hydrogens is 254 g/mol. The molecule has 0 saturated heterocycles. The van der Waals surface area contributed by atoms with Crippen LogP contribution >= 0.6 is 0 Å². The van der Waals surface area contributed by atoms with Gasteiger partial charge in [0.15, 0.2) is 0 Å². The van der Waals surface area contributed by atoms with E-state index in [0.29, 0.717) is 6.54 Å². The van der Waals surface area contributed by atoms with Crippen LogP contribution in [-0.4, -0.2) is 23.5 Å². The van der Waals surface area contributed by atoms with Crippen molar-refractivity contribution in [1.82, 2.24) is 5.32 Å². The summed E-state index contributed by atoms with van der Waals surface area (Å²) in [6.07, 6.45) is 0.271. The zero-order valence-corrected chi connectivity index (χ0v) is 12.3. The van der Waals surface area contributed by atoms with Crippen LogP contribution in [0.5, 0.6) is 0 Å². The Morgan fingerprint density at radius 2 is 1.80 bits per heavy atom. The van der Waals surface area contributed by atoms with Crippen LogP contribution in [0, 0.1) is 5.92 Å². The lowest BCUT2D eigenvalue weighted by molar-refractivity contribution is -0.138. The maximum atomic E-state index is 11.8. The van der Waals surface area contributed by atoms with Crippen LogP contribution in [0.4, 0.5) is 0 Å². The lowest BCUT2D eigenvalue weighted by atomic mass is 9.84. The number of carboxylic acids is 1. The lowest BCUT2D eigenvalue weighted by Crippen LogP contribution is -2.37. The highest BCUT2D eigenvalue weighted by Crippen LogP contribution is 2.21. The van der Waals surface area contributed by atoms with Crippen molar-refractivity contribution in [2.24, 2.45) is 5.92 Å². The molecule has 0 bridgehead atoms. The highest BCUT2D eigenvalue weighted by atomic mass is 16.4. The molecule has 4 nitrogen and oxygen atoms in total. The largest absolute Gasteiger partial charge is 0.481 e. The molecule has 0 aliphatic rings. The zero-order valence-electron chi connectivity index (χ0n) is 12.3. The molecule has 0 radical (unpaired) electrons. The smallest absolute Gasteiger partial charge is 0.303 e. The van der Waals surface area contributed by atoms with Crippen molar-refractivity contribution >= 4 is 11.9 Å². The summed E-state index contributed by atoms with van der Waals surface area (Å²) >= 11 is 0. The number of carbonyl (C=O) groups is 2. The third kappa shape index (κ3) is 5.43. The maximum Gasteiger partial charge on any atom is 0.303 e. The van der Waals surface area contributed by atoms with Gasteiger partial charge in [0.25, 0.3) is 0 Å². The molecule has 1 atom stereocenters. The number of carboxylic acid groups (broad SMARTS) is 1. The summed E-state index contributed by atoms with van der Waals surface area (Å²) in [6.45, 7) is 6.46. The third-order valence-electron chi connectivity index (χ3n) is 3.34. The van der Waals surface area contributed by atoms with Gasteiger partial charge in [0, 0.05) is 24.8 Å². The van der Waals surface area contributed by atoms with Gasteiger partial charge in [0.1, 0.15) is 0 Å². The Labute approximate surface area is 120 Å². The second kappa shape index (κ2) is 7.08. The van der Waals surface area contributed by atoms with Gasteiger partial charge < -0.3 is 10.4 Å². The van der Waals surface area contributed by atoms with Gasteiger partial charge >= 0.3 is 5.97 Å². The van der Waals surface area contributed by atoms with E-state index in [1.807, 2.05) is 30.3 Å². The number of nitrogens with one attached hydrogen (secondary N) is 1. The van der Waals surface area contributed by atoms with Crippen LogP contribution in [0.25, 0.3) is 0 Å². The summed E-state index contributed by atoms with van der Waals surface area (Å²) in [5, 5.41) is 11.6. The van der Waals surface area contributed by atoms with E-state index < -0.39 is 5.97 Å². The fourth-order valence-corrected chi connectivity index (χ4v) is 2.07. The molecule has 0 fully saturated rings. The molecular formula is C16H23NO3. The molecule has 4 heteroatoms. The Balaban J connectivity index is 2.46. The van der Waals surface area contributed by atoms with E-state index in [2.05, 4.69) is 19.2 Å². The SMILES string of the molecule is CC(CC(=O)O)CC(=O)NCC(C)(C)c1ccccc1. The Kier molecular flexibility index (Phi) is 5.74. The number of carbonyl (C=O) groups excluding carboxylic acids is 1. The quantitative estimate of drug-likeness (QED) is 0.805. The van der Waals surface area contributed by atoms with Crippen LogP contribution in [0.1, 0.15) is 39.2 Å². The standard InChI is InChI=1S/C16H23NO3/c1-12(10-15(19)20)9-14(18)17-11-16(2,3)13-7-5-4-6-8-13/h4-8,12H,9-11H2,1-3H3,(H,17,18)(H,19,20). The fourth-order valence-electron chi connectivity index (χ4n) is 2.07. The Bertz CT molecular complexity index is 454. The minimum Gasteiger partial charge on any atom is -0.481 e. The van der Waals surface area contributed by atoms with E-state index in [0.717, 1.165) is 0 Å². The van der Waals surface area contributed by atoms with Crippen LogP contribution in [0.15, 0.2) is 30.3 Å². The molecule has 0 aliphatic carbocycles. The molecule has 2 N–H and O–H groups in total. The van der Waals surface area contributed by atoms with E-state index in [-0.39, 0.29) is 30.1 Å². The summed E-state index contributed by atoms with van der Waals surface area (Å²) in [6, 6.07) is 10.0. The Morgan fingerprint density at radius 3 is 2.35 bits per heavy atom. The number of aliphatic carboxylic acids is 1. The number of benzene rings is 1. The first kappa shape index (κ1) is 16.2. The summed E-state index contributed by atoms with van der Waals surface area (Å²) in [4.78, 5) is 22.4. The summed E-state index contributed by atoms with van der Waals surface area (Å²) < 4.78 is 0.